The molecule has 1 atom stereocenters. The second-order valence-corrected chi connectivity index (χ2v) is 5.70. The maximum absolute atomic E-state index is 11.4. The van der Waals surface area contributed by atoms with E-state index < -0.39 is 21.1 Å². The number of aliphatic carboxylic acids is 1. The monoisotopic (exact) mass is 216 g/mol. The van der Waals surface area contributed by atoms with Gasteiger partial charge in [-0.2, -0.15) is 0 Å². The lowest BCUT2D eigenvalue weighted by molar-refractivity contribution is -0.130. The average molecular weight is 216 g/mol. The molecule has 0 bridgehead atoms. The summed E-state index contributed by atoms with van der Waals surface area (Å²) in [6.45, 7) is 0. The van der Waals surface area contributed by atoms with Crippen LogP contribution in [0.1, 0.15) is 25.7 Å². The lowest BCUT2D eigenvalue weighted by atomic mass is 10.1. The van der Waals surface area contributed by atoms with Crippen LogP contribution < -0.4 is 0 Å². The Bertz CT molecular complexity index is 371. The second-order valence-electron chi connectivity index (χ2n) is 3.30. The Morgan fingerprint density at radius 2 is 2.14 bits per heavy atom. The molecule has 78 valence electrons. The number of hydrogen-bond donors (Lipinski definition) is 1. The van der Waals surface area contributed by atoms with Crippen LogP contribution in [-0.4, -0.2) is 30.5 Å². The van der Waals surface area contributed by atoms with Crippen molar-refractivity contribution in [1.29, 1.82) is 0 Å². The van der Waals surface area contributed by atoms with Crippen molar-refractivity contribution in [2.24, 2.45) is 0 Å². The molecule has 4 nitrogen and oxygen atoms in total. The Hall–Kier alpha value is -1.02. The molecule has 0 aliphatic carbocycles. The highest BCUT2D eigenvalue weighted by Crippen LogP contribution is 2.21. The van der Waals surface area contributed by atoms with E-state index in [1.54, 1.807) is 0 Å². The van der Waals surface area contributed by atoms with E-state index in [9.17, 15) is 13.2 Å². The van der Waals surface area contributed by atoms with E-state index >= 15 is 0 Å². The van der Waals surface area contributed by atoms with Gasteiger partial charge in [0, 0.05) is 12.3 Å². The molecule has 0 aromatic carbocycles. The van der Waals surface area contributed by atoms with Crippen LogP contribution in [0.25, 0.3) is 0 Å². The van der Waals surface area contributed by atoms with Crippen LogP contribution >= 0.6 is 0 Å². The summed E-state index contributed by atoms with van der Waals surface area (Å²) in [5, 5.41) is 7.79. The molecule has 0 aromatic rings. The van der Waals surface area contributed by atoms with Crippen molar-refractivity contribution in [3.63, 3.8) is 0 Å². The molecule has 1 rings (SSSR count). The maximum Gasteiger partial charge on any atom is 0.381 e. The highest BCUT2D eigenvalue weighted by Gasteiger charge is 2.27. The number of hydrogen-bond acceptors (Lipinski definition) is 3. The molecular formula is C9H12O4S. The van der Waals surface area contributed by atoms with Gasteiger partial charge in [0.2, 0.25) is 0 Å². The van der Waals surface area contributed by atoms with Crippen molar-refractivity contribution in [2.75, 3.05) is 5.75 Å². The van der Waals surface area contributed by atoms with Crippen molar-refractivity contribution >= 4 is 15.8 Å². The van der Waals surface area contributed by atoms with Crippen LogP contribution in [0.15, 0.2) is 0 Å². The van der Waals surface area contributed by atoms with E-state index in [2.05, 4.69) is 5.92 Å². The predicted octanol–water partition coefficient (Wildman–Crippen LogP) is 0.432. The minimum atomic E-state index is -3.02. The van der Waals surface area contributed by atoms with Gasteiger partial charge in [-0.25, -0.2) is 13.2 Å². The zero-order valence-corrected chi connectivity index (χ0v) is 8.51. The molecule has 14 heavy (non-hydrogen) atoms. The summed E-state index contributed by atoms with van der Waals surface area (Å²) in [7, 11) is -3.02. The highest BCUT2D eigenvalue weighted by molar-refractivity contribution is 7.92. The number of sulfone groups is 1. The second kappa shape index (κ2) is 4.47. The molecular weight excluding hydrogens is 204 g/mol. The molecule has 0 saturated carbocycles. The van der Waals surface area contributed by atoms with Gasteiger partial charge in [-0.3, -0.25) is 0 Å². The normalized spacial score (nSPS) is 24.7. The van der Waals surface area contributed by atoms with Gasteiger partial charge in [0.05, 0.1) is 11.0 Å². The third-order valence-electron chi connectivity index (χ3n) is 2.24. The smallest absolute Gasteiger partial charge is 0.381 e. The Morgan fingerprint density at radius 1 is 1.43 bits per heavy atom. The first-order chi connectivity index (χ1) is 6.52. The summed E-state index contributed by atoms with van der Waals surface area (Å²) >= 11 is 0. The zero-order valence-electron chi connectivity index (χ0n) is 7.69. The van der Waals surface area contributed by atoms with Gasteiger partial charge in [0.1, 0.15) is 0 Å². The van der Waals surface area contributed by atoms with Crippen molar-refractivity contribution in [2.45, 2.75) is 30.9 Å². The fourth-order valence-electron chi connectivity index (χ4n) is 1.49. The molecule has 1 unspecified atom stereocenters. The van der Waals surface area contributed by atoms with E-state index in [1.165, 1.54) is 0 Å². The standard InChI is InChI=1S/C9H12O4S/c10-9(11)6-3-5-8-4-1-2-7-14(8,12)13/h8H,1-2,4-5,7H2,(H,10,11). The SMILES string of the molecule is O=C(O)C#CCC1CCCCS1(=O)=O. The lowest BCUT2D eigenvalue weighted by Gasteiger charge is -2.19. The van der Waals surface area contributed by atoms with E-state index in [0.717, 1.165) is 6.42 Å². The van der Waals surface area contributed by atoms with Gasteiger partial charge in [-0.1, -0.05) is 12.3 Å². The van der Waals surface area contributed by atoms with Gasteiger partial charge in [0.25, 0.3) is 0 Å². The molecule has 0 aromatic heterocycles. The average Bonchev–Trinajstić information content (AvgIpc) is 2.07. The minimum absolute atomic E-state index is 0.147. The highest BCUT2D eigenvalue weighted by atomic mass is 32.2. The first-order valence-electron chi connectivity index (χ1n) is 4.46. The third kappa shape index (κ3) is 3.04. The molecule has 1 aliphatic heterocycles. The van der Waals surface area contributed by atoms with Crippen LogP contribution in [0.3, 0.4) is 0 Å². The van der Waals surface area contributed by atoms with Crippen molar-refractivity contribution in [3.8, 4) is 11.8 Å². The quantitative estimate of drug-likeness (QED) is 0.645. The van der Waals surface area contributed by atoms with Crippen molar-refractivity contribution in [3.05, 3.63) is 0 Å². The number of carbonyl (C=O) groups is 1. The fourth-order valence-corrected chi connectivity index (χ4v) is 3.29. The summed E-state index contributed by atoms with van der Waals surface area (Å²) in [4.78, 5) is 10.1. The zero-order chi connectivity index (χ0) is 10.6. The summed E-state index contributed by atoms with van der Waals surface area (Å²) in [5.74, 6) is 3.32. The van der Waals surface area contributed by atoms with Crippen LogP contribution in [0, 0.1) is 11.8 Å². The summed E-state index contributed by atoms with van der Waals surface area (Å²) < 4.78 is 22.9. The minimum Gasteiger partial charge on any atom is -0.472 e. The Kier molecular flexibility index (Phi) is 3.53. The lowest BCUT2D eigenvalue weighted by Crippen LogP contribution is -2.27. The molecule has 0 spiro atoms. The van der Waals surface area contributed by atoms with Crippen molar-refractivity contribution in [1.82, 2.24) is 0 Å². The van der Waals surface area contributed by atoms with Gasteiger partial charge in [0.15, 0.2) is 9.84 Å². The number of carboxylic acid groups (broad SMARTS) is 1. The molecule has 1 saturated heterocycles. The first-order valence-corrected chi connectivity index (χ1v) is 6.17. The predicted molar refractivity (Wildman–Crippen MR) is 51.5 cm³/mol. The molecule has 1 aliphatic rings. The summed E-state index contributed by atoms with van der Waals surface area (Å²) in [6, 6.07) is 0. The van der Waals surface area contributed by atoms with Crippen LogP contribution in [0.2, 0.25) is 0 Å². The van der Waals surface area contributed by atoms with Gasteiger partial charge in [-0.15, -0.1) is 0 Å². The molecule has 0 amide bonds. The summed E-state index contributed by atoms with van der Waals surface area (Å²) in [6.07, 6.45) is 2.36. The number of carboxylic acids is 1. The van der Waals surface area contributed by atoms with Gasteiger partial charge >= 0.3 is 5.97 Å². The van der Waals surface area contributed by atoms with E-state index in [0.29, 0.717) is 12.8 Å². The third-order valence-corrected chi connectivity index (χ3v) is 4.51. The molecule has 1 N–H and O–H groups in total. The Labute approximate surface area is 83.2 Å². The van der Waals surface area contributed by atoms with Gasteiger partial charge < -0.3 is 5.11 Å². The van der Waals surface area contributed by atoms with Gasteiger partial charge in [-0.05, 0) is 12.8 Å². The van der Waals surface area contributed by atoms with E-state index in [4.69, 9.17) is 5.11 Å². The fraction of sp³-hybridized carbons (Fsp3) is 0.667. The molecule has 1 heterocycles. The Balaban J connectivity index is 2.61. The molecule has 5 heteroatoms. The van der Waals surface area contributed by atoms with E-state index in [1.807, 2.05) is 5.92 Å². The first kappa shape index (κ1) is 11.1. The van der Waals surface area contributed by atoms with Crippen LogP contribution in [0.5, 0.6) is 0 Å². The Morgan fingerprint density at radius 3 is 2.71 bits per heavy atom. The van der Waals surface area contributed by atoms with E-state index in [-0.39, 0.29) is 12.2 Å². The topological polar surface area (TPSA) is 71.4 Å². The van der Waals surface area contributed by atoms with Crippen LogP contribution in [0.4, 0.5) is 0 Å². The number of rotatable bonds is 1. The largest absolute Gasteiger partial charge is 0.472 e. The maximum atomic E-state index is 11.4. The summed E-state index contributed by atoms with van der Waals surface area (Å²) in [5.41, 5.74) is 0. The van der Waals surface area contributed by atoms with Crippen LogP contribution in [-0.2, 0) is 14.6 Å². The molecule has 1 fully saturated rings. The molecule has 0 radical (unpaired) electrons. The van der Waals surface area contributed by atoms with Crippen molar-refractivity contribution < 1.29 is 18.3 Å².